The molecular formula is C11H14N4O3. The van der Waals surface area contributed by atoms with E-state index in [-0.39, 0.29) is 11.6 Å². The standard InChI is InChI=1S/C11H14N4O3/c1-7(10-14-13-6-15(10)2)12-5-9-8(11(16)17)3-4-18-9/h3-4,6-7,12H,5H2,1-2H3,(H,16,17). The summed E-state index contributed by atoms with van der Waals surface area (Å²) in [6.45, 7) is 2.25. The number of hydrogen-bond acceptors (Lipinski definition) is 5. The van der Waals surface area contributed by atoms with Gasteiger partial charge in [-0.25, -0.2) is 4.79 Å². The van der Waals surface area contributed by atoms with Crippen molar-refractivity contribution in [3.05, 3.63) is 35.8 Å². The zero-order valence-corrected chi connectivity index (χ0v) is 10.1. The second-order valence-corrected chi connectivity index (χ2v) is 3.97. The Bertz CT molecular complexity index is 546. The van der Waals surface area contributed by atoms with Crippen molar-refractivity contribution < 1.29 is 14.3 Å². The molecule has 0 amide bonds. The molecule has 2 rings (SSSR count). The number of nitrogens with one attached hydrogen (secondary N) is 1. The van der Waals surface area contributed by atoms with Crippen molar-refractivity contribution in [3.63, 3.8) is 0 Å². The molecule has 0 aliphatic heterocycles. The number of aromatic nitrogens is 3. The summed E-state index contributed by atoms with van der Waals surface area (Å²) in [5.41, 5.74) is 0.174. The molecular weight excluding hydrogens is 236 g/mol. The number of carboxylic acid groups (broad SMARTS) is 1. The Kier molecular flexibility index (Phi) is 3.42. The fourth-order valence-electron chi connectivity index (χ4n) is 1.69. The van der Waals surface area contributed by atoms with Gasteiger partial charge in [-0.3, -0.25) is 0 Å². The highest BCUT2D eigenvalue weighted by molar-refractivity contribution is 5.88. The van der Waals surface area contributed by atoms with Gasteiger partial charge in [0.1, 0.15) is 23.5 Å². The van der Waals surface area contributed by atoms with E-state index < -0.39 is 5.97 Å². The lowest BCUT2D eigenvalue weighted by atomic mass is 10.2. The molecule has 0 radical (unpaired) electrons. The average molecular weight is 250 g/mol. The zero-order chi connectivity index (χ0) is 13.1. The monoisotopic (exact) mass is 250 g/mol. The van der Waals surface area contributed by atoms with Gasteiger partial charge in [0, 0.05) is 7.05 Å². The molecule has 1 atom stereocenters. The van der Waals surface area contributed by atoms with Gasteiger partial charge in [-0.1, -0.05) is 0 Å². The van der Waals surface area contributed by atoms with Crippen molar-refractivity contribution in [1.82, 2.24) is 20.1 Å². The molecule has 1 unspecified atom stereocenters. The SMILES string of the molecule is CC(NCc1occc1C(=O)O)c1nncn1C. The molecule has 0 fully saturated rings. The second-order valence-electron chi connectivity index (χ2n) is 3.97. The smallest absolute Gasteiger partial charge is 0.339 e. The summed E-state index contributed by atoms with van der Waals surface area (Å²) >= 11 is 0. The van der Waals surface area contributed by atoms with E-state index in [1.165, 1.54) is 12.3 Å². The summed E-state index contributed by atoms with van der Waals surface area (Å²) in [7, 11) is 1.85. The van der Waals surface area contributed by atoms with Crippen LogP contribution in [0.5, 0.6) is 0 Å². The van der Waals surface area contributed by atoms with Crippen LogP contribution in [0.2, 0.25) is 0 Å². The Morgan fingerprint density at radius 3 is 3.06 bits per heavy atom. The first-order valence-corrected chi connectivity index (χ1v) is 5.46. The molecule has 0 bridgehead atoms. The first kappa shape index (κ1) is 12.3. The number of carboxylic acids is 1. The molecule has 2 N–H and O–H groups in total. The summed E-state index contributed by atoms with van der Waals surface area (Å²) in [6.07, 6.45) is 2.98. The van der Waals surface area contributed by atoms with Crippen molar-refractivity contribution in [2.75, 3.05) is 0 Å². The first-order valence-electron chi connectivity index (χ1n) is 5.46. The first-order chi connectivity index (χ1) is 8.59. The lowest BCUT2D eigenvalue weighted by Crippen LogP contribution is -2.21. The van der Waals surface area contributed by atoms with E-state index in [0.717, 1.165) is 5.82 Å². The lowest BCUT2D eigenvalue weighted by molar-refractivity contribution is 0.0694. The van der Waals surface area contributed by atoms with Crippen LogP contribution in [0.15, 0.2) is 23.1 Å². The predicted octanol–water partition coefficient (Wildman–Crippen LogP) is 0.957. The van der Waals surface area contributed by atoms with Crippen LogP contribution in [-0.2, 0) is 13.6 Å². The molecule has 0 aliphatic rings. The minimum absolute atomic E-state index is 0.0516. The predicted molar refractivity (Wildman–Crippen MR) is 61.9 cm³/mol. The molecule has 7 nitrogen and oxygen atoms in total. The Morgan fingerprint density at radius 1 is 1.67 bits per heavy atom. The molecule has 0 aromatic carbocycles. The number of aryl methyl sites for hydroxylation is 1. The van der Waals surface area contributed by atoms with Gasteiger partial charge in [0.15, 0.2) is 0 Å². The lowest BCUT2D eigenvalue weighted by Gasteiger charge is -2.11. The molecule has 0 saturated heterocycles. The quantitative estimate of drug-likeness (QED) is 0.820. The highest BCUT2D eigenvalue weighted by atomic mass is 16.4. The fraction of sp³-hybridized carbons (Fsp3) is 0.364. The van der Waals surface area contributed by atoms with Crippen LogP contribution < -0.4 is 5.32 Å². The van der Waals surface area contributed by atoms with Crippen LogP contribution in [0.1, 0.15) is 34.9 Å². The topological polar surface area (TPSA) is 93.2 Å². The van der Waals surface area contributed by atoms with Gasteiger partial charge in [-0.2, -0.15) is 0 Å². The Hall–Kier alpha value is -2.15. The van der Waals surface area contributed by atoms with Gasteiger partial charge in [0.05, 0.1) is 18.8 Å². The van der Waals surface area contributed by atoms with Crippen molar-refractivity contribution >= 4 is 5.97 Å². The third-order valence-electron chi connectivity index (χ3n) is 2.68. The van der Waals surface area contributed by atoms with Gasteiger partial charge in [-0.05, 0) is 13.0 Å². The van der Waals surface area contributed by atoms with Gasteiger partial charge in [0.25, 0.3) is 0 Å². The van der Waals surface area contributed by atoms with Crippen LogP contribution in [0, 0.1) is 0 Å². The fourth-order valence-corrected chi connectivity index (χ4v) is 1.69. The molecule has 2 aromatic rings. The minimum atomic E-state index is -0.994. The number of aromatic carboxylic acids is 1. The highest BCUT2D eigenvalue weighted by Crippen LogP contribution is 2.13. The summed E-state index contributed by atoms with van der Waals surface area (Å²) in [4.78, 5) is 10.9. The van der Waals surface area contributed by atoms with Crippen molar-refractivity contribution in [1.29, 1.82) is 0 Å². The molecule has 0 aliphatic carbocycles. The summed E-state index contributed by atoms with van der Waals surface area (Å²) in [5.74, 6) is 0.182. The van der Waals surface area contributed by atoms with Crippen LogP contribution >= 0.6 is 0 Å². The van der Waals surface area contributed by atoms with Crippen molar-refractivity contribution in [2.24, 2.45) is 7.05 Å². The maximum absolute atomic E-state index is 10.9. The Labute approximate surface area is 103 Å². The summed E-state index contributed by atoms with van der Waals surface area (Å²) < 4.78 is 6.94. The zero-order valence-electron chi connectivity index (χ0n) is 10.1. The molecule has 18 heavy (non-hydrogen) atoms. The van der Waals surface area contributed by atoms with E-state index in [1.807, 2.05) is 14.0 Å². The average Bonchev–Trinajstić information content (AvgIpc) is 2.94. The van der Waals surface area contributed by atoms with Crippen LogP contribution in [-0.4, -0.2) is 25.8 Å². The second kappa shape index (κ2) is 5.01. The van der Waals surface area contributed by atoms with Gasteiger partial charge in [0.2, 0.25) is 0 Å². The summed E-state index contributed by atoms with van der Waals surface area (Å²) in [5, 5.41) is 19.8. The van der Waals surface area contributed by atoms with E-state index in [1.54, 1.807) is 10.9 Å². The molecule has 0 saturated carbocycles. The number of furan rings is 1. The largest absolute Gasteiger partial charge is 0.478 e. The molecule has 2 aromatic heterocycles. The van der Waals surface area contributed by atoms with Crippen LogP contribution in [0.4, 0.5) is 0 Å². The number of hydrogen-bond donors (Lipinski definition) is 2. The Balaban J connectivity index is 2.02. The van der Waals surface area contributed by atoms with E-state index in [0.29, 0.717) is 12.3 Å². The normalized spacial score (nSPS) is 12.6. The highest BCUT2D eigenvalue weighted by Gasteiger charge is 2.16. The maximum atomic E-state index is 10.9. The number of carbonyl (C=O) groups is 1. The van der Waals surface area contributed by atoms with Gasteiger partial charge >= 0.3 is 5.97 Å². The maximum Gasteiger partial charge on any atom is 0.339 e. The third-order valence-corrected chi connectivity index (χ3v) is 2.68. The molecule has 0 spiro atoms. The van der Waals surface area contributed by atoms with Crippen LogP contribution in [0.25, 0.3) is 0 Å². The van der Waals surface area contributed by atoms with Gasteiger partial charge in [-0.15, -0.1) is 10.2 Å². The van der Waals surface area contributed by atoms with E-state index in [4.69, 9.17) is 9.52 Å². The summed E-state index contributed by atoms with van der Waals surface area (Å²) in [6, 6.07) is 1.39. The third kappa shape index (κ3) is 2.40. The van der Waals surface area contributed by atoms with Crippen LogP contribution in [0.3, 0.4) is 0 Å². The molecule has 96 valence electrons. The van der Waals surface area contributed by atoms with Gasteiger partial charge < -0.3 is 19.4 Å². The van der Waals surface area contributed by atoms with Crippen molar-refractivity contribution in [2.45, 2.75) is 19.5 Å². The minimum Gasteiger partial charge on any atom is -0.478 e. The number of rotatable bonds is 5. The Morgan fingerprint density at radius 2 is 2.44 bits per heavy atom. The van der Waals surface area contributed by atoms with E-state index >= 15 is 0 Å². The van der Waals surface area contributed by atoms with E-state index in [9.17, 15) is 4.79 Å². The van der Waals surface area contributed by atoms with E-state index in [2.05, 4.69) is 15.5 Å². The number of nitrogens with zero attached hydrogens (tertiary/aromatic N) is 3. The molecule has 2 heterocycles. The van der Waals surface area contributed by atoms with Crippen molar-refractivity contribution in [3.8, 4) is 0 Å². The molecule has 7 heteroatoms.